The SMILES string of the molecule is O=C(CSc1nnc(SCC(=O)Nc2ccc(N3CCOCC3)cc2)s1)Nc1ccc(N2CCOCC2)cc1. The highest BCUT2D eigenvalue weighted by molar-refractivity contribution is 8.03. The standard InChI is InChI=1S/C26H30N6O4S3/c33-23(27-19-1-5-21(6-2-19)31-9-13-35-14-10-31)17-37-25-29-30-26(39-25)38-18-24(34)28-20-3-7-22(8-4-20)32-11-15-36-16-12-32/h1-8H,9-18H2,(H,27,33)(H,28,34). The van der Waals surface area contributed by atoms with Gasteiger partial charge in [-0.05, 0) is 48.5 Å². The number of hydrogen-bond acceptors (Lipinski definition) is 11. The molecule has 0 aliphatic carbocycles. The van der Waals surface area contributed by atoms with Crippen molar-refractivity contribution in [2.45, 2.75) is 8.68 Å². The zero-order valence-corrected chi connectivity index (χ0v) is 23.8. The Hall–Kier alpha value is -2.84. The van der Waals surface area contributed by atoms with Gasteiger partial charge in [-0.3, -0.25) is 9.59 Å². The summed E-state index contributed by atoms with van der Waals surface area (Å²) in [5.74, 6) is 0.238. The molecule has 0 saturated carbocycles. The van der Waals surface area contributed by atoms with Crippen molar-refractivity contribution in [1.29, 1.82) is 0 Å². The van der Waals surface area contributed by atoms with Gasteiger partial charge >= 0.3 is 0 Å². The summed E-state index contributed by atoms with van der Waals surface area (Å²) >= 11 is 4.04. The molecule has 2 aliphatic heterocycles. The molecule has 2 saturated heterocycles. The lowest BCUT2D eigenvalue weighted by molar-refractivity contribution is -0.114. The van der Waals surface area contributed by atoms with Crippen LogP contribution in [0.25, 0.3) is 0 Å². The van der Waals surface area contributed by atoms with Crippen LogP contribution in [0.1, 0.15) is 0 Å². The zero-order valence-electron chi connectivity index (χ0n) is 21.3. The van der Waals surface area contributed by atoms with Crippen LogP contribution in [0.4, 0.5) is 22.7 Å². The first kappa shape index (κ1) is 27.7. The Kier molecular flexibility index (Phi) is 9.94. The maximum Gasteiger partial charge on any atom is 0.234 e. The Morgan fingerprint density at radius 3 is 1.46 bits per heavy atom. The highest BCUT2D eigenvalue weighted by atomic mass is 32.2. The summed E-state index contributed by atoms with van der Waals surface area (Å²) < 4.78 is 12.2. The second-order valence-corrected chi connectivity index (χ2v) is 12.2. The summed E-state index contributed by atoms with van der Waals surface area (Å²) in [6.45, 7) is 6.44. The first-order valence-corrected chi connectivity index (χ1v) is 15.5. The average molecular weight is 587 g/mol. The fraction of sp³-hybridized carbons (Fsp3) is 0.385. The third kappa shape index (κ3) is 8.32. The van der Waals surface area contributed by atoms with E-state index < -0.39 is 0 Å². The van der Waals surface area contributed by atoms with Crippen LogP contribution in [0, 0.1) is 0 Å². The molecule has 2 amide bonds. The quantitative estimate of drug-likeness (QED) is 0.342. The molecule has 0 unspecified atom stereocenters. The van der Waals surface area contributed by atoms with E-state index in [2.05, 4.69) is 30.6 Å². The molecular formula is C26H30N6O4S3. The number of hydrogen-bond donors (Lipinski definition) is 2. The van der Waals surface area contributed by atoms with E-state index in [1.165, 1.54) is 34.9 Å². The number of benzene rings is 2. The number of nitrogens with one attached hydrogen (secondary N) is 2. The highest BCUT2D eigenvalue weighted by Crippen LogP contribution is 2.29. The molecule has 0 spiro atoms. The highest BCUT2D eigenvalue weighted by Gasteiger charge is 2.14. The topological polar surface area (TPSA) is 109 Å². The Morgan fingerprint density at radius 2 is 1.08 bits per heavy atom. The minimum atomic E-state index is -0.109. The molecule has 2 N–H and O–H groups in total. The van der Waals surface area contributed by atoms with Crippen LogP contribution in [0.15, 0.2) is 57.2 Å². The lowest BCUT2D eigenvalue weighted by atomic mass is 10.2. The number of ether oxygens (including phenoxy) is 2. The fourth-order valence-corrected chi connectivity index (χ4v) is 6.74. The largest absolute Gasteiger partial charge is 0.378 e. The van der Waals surface area contributed by atoms with Gasteiger partial charge in [-0.1, -0.05) is 34.9 Å². The van der Waals surface area contributed by atoms with Crippen molar-refractivity contribution in [1.82, 2.24) is 10.2 Å². The summed E-state index contributed by atoms with van der Waals surface area (Å²) in [5.41, 5.74) is 3.76. The molecule has 5 rings (SSSR count). The van der Waals surface area contributed by atoms with E-state index in [1.54, 1.807) is 0 Å². The van der Waals surface area contributed by atoms with Crippen LogP contribution < -0.4 is 20.4 Å². The molecule has 2 fully saturated rings. The maximum absolute atomic E-state index is 12.4. The van der Waals surface area contributed by atoms with Crippen LogP contribution >= 0.6 is 34.9 Å². The van der Waals surface area contributed by atoms with Gasteiger partial charge < -0.3 is 29.9 Å². The number of thioether (sulfide) groups is 2. The molecule has 3 aromatic rings. The van der Waals surface area contributed by atoms with Crippen LogP contribution in [-0.2, 0) is 19.1 Å². The van der Waals surface area contributed by atoms with Crippen LogP contribution in [0.2, 0.25) is 0 Å². The molecule has 3 heterocycles. The summed E-state index contributed by atoms with van der Waals surface area (Å²) in [6, 6.07) is 15.7. The molecule has 2 aromatic carbocycles. The molecule has 39 heavy (non-hydrogen) atoms. The summed E-state index contributed by atoms with van der Waals surface area (Å²) in [6.07, 6.45) is 0. The summed E-state index contributed by atoms with van der Waals surface area (Å²) in [5, 5.41) is 14.1. The van der Waals surface area contributed by atoms with Crippen molar-refractivity contribution in [3.63, 3.8) is 0 Å². The first-order chi connectivity index (χ1) is 19.1. The van der Waals surface area contributed by atoms with Crippen molar-refractivity contribution in [3.05, 3.63) is 48.5 Å². The van der Waals surface area contributed by atoms with E-state index in [0.29, 0.717) is 8.68 Å². The summed E-state index contributed by atoms with van der Waals surface area (Å²) in [4.78, 5) is 29.4. The Labute approximate surface area is 239 Å². The van der Waals surface area contributed by atoms with Gasteiger partial charge in [-0.25, -0.2) is 0 Å². The van der Waals surface area contributed by atoms with E-state index in [-0.39, 0.29) is 23.3 Å². The molecule has 10 nitrogen and oxygen atoms in total. The van der Waals surface area contributed by atoms with E-state index in [1.807, 2.05) is 48.5 Å². The zero-order chi connectivity index (χ0) is 26.9. The number of carbonyl (C=O) groups excluding carboxylic acids is 2. The van der Waals surface area contributed by atoms with Gasteiger partial charge in [0.15, 0.2) is 8.68 Å². The van der Waals surface area contributed by atoms with Crippen molar-refractivity contribution in [3.8, 4) is 0 Å². The van der Waals surface area contributed by atoms with Gasteiger partial charge in [-0.15, -0.1) is 10.2 Å². The lowest BCUT2D eigenvalue weighted by Crippen LogP contribution is -2.36. The Balaban J connectivity index is 1.01. The number of rotatable bonds is 10. The van der Waals surface area contributed by atoms with Crippen molar-refractivity contribution >= 4 is 69.4 Å². The van der Waals surface area contributed by atoms with Gasteiger partial charge in [0.1, 0.15) is 0 Å². The third-order valence-electron chi connectivity index (χ3n) is 6.10. The minimum absolute atomic E-state index is 0.109. The van der Waals surface area contributed by atoms with Crippen molar-refractivity contribution in [2.24, 2.45) is 0 Å². The lowest BCUT2D eigenvalue weighted by Gasteiger charge is -2.28. The maximum atomic E-state index is 12.4. The van der Waals surface area contributed by atoms with E-state index in [4.69, 9.17) is 9.47 Å². The number of aromatic nitrogens is 2. The number of carbonyl (C=O) groups is 2. The van der Waals surface area contributed by atoms with Gasteiger partial charge in [0.05, 0.1) is 37.9 Å². The Morgan fingerprint density at radius 1 is 0.692 bits per heavy atom. The predicted molar refractivity (Wildman–Crippen MR) is 158 cm³/mol. The summed E-state index contributed by atoms with van der Waals surface area (Å²) in [7, 11) is 0. The van der Waals surface area contributed by atoms with Crippen molar-refractivity contribution in [2.75, 3.05) is 84.5 Å². The van der Waals surface area contributed by atoms with Crippen molar-refractivity contribution < 1.29 is 19.1 Å². The van der Waals surface area contributed by atoms with Gasteiger partial charge in [0.2, 0.25) is 11.8 Å². The minimum Gasteiger partial charge on any atom is -0.378 e. The van der Waals surface area contributed by atoms with E-state index in [0.717, 1.165) is 75.4 Å². The van der Waals surface area contributed by atoms with Gasteiger partial charge in [0, 0.05) is 48.9 Å². The smallest absolute Gasteiger partial charge is 0.234 e. The van der Waals surface area contributed by atoms with Gasteiger partial charge in [0.25, 0.3) is 0 Å². The molecule has 0 atom stereocenters. The predicted octanol–water partition coefficient (Wildman–Crippen LogP) is 3.67. The molecule has 0 bridgehead atoms. The second kappa shape index (κ2) is 14.0. The molecule has 0 radical (unpaired) electrons. The number of amides is 2. The second-order valence-electron chi connectivity index (χ2n) is 8.80. The fourth-order valence-electron chi connectivity index (χ4n) is 4.12. The molecule has 1 aromatic heterocycles. The van der Waals surface area contributed by atoms with Crippen LogP contribution in [0.3, 0.4) is 0 Å². The van der Waals surface area contributed by atoms with Crippen LogP contribution in [-0.4, -0.2) is 86.1 Å². The van der Waals surface area contributed by atoms with E-state index in [9.17, 15) is 9.59 Å². The average Bonchev–Trinajstić information content (AvgIpc) is 3.45. The molecule has 13 heteroatoms. The molecule has 206 valence electrons. The Bertz CT molecular complexity index is 1140. The number of anilines is 4. The third-order valence-corrected chi connectivity index (χ3v) is 9.29. The first-order valence-electron chi connectivity index (χ1n) is 12.7. The normalized spacial score (nSPS) is 15.7. The molecular weight excluding hydrogens is 557 g/mol. The van der Waals surface area contributed by atoms with Crippen LogP contribution in [0.5, 0.6) is 0 Å². The number of nitrogens with zero attached hydrogens (tertiary/aromatic N) is 4. The number of morpholine rings is 2. The monoisotopic (exact) mass is 586 g/mol. The van der Waals surface area contributed by atoms with E-state index >= 15 is 0 Å². The molecule has 2 aliphatic rings. The van der Waals surface area contributed by atoms with Gasteiger partial charge in [-0.2, -0.15) is 0 Å².